The lowest BCUT2D eigenvalue weighted by Gasteiger charge is -2.38. The van der Waals surface area contributed by atoms with Crippen LogP contribution in [0.4, 0.5) is 5.69 Å². The first-order valence-corrected chi connectivity index (χ1v) is 10.1. The van der Waals surface area contributed by atoms with Gasteiger partial charge >= 0.3 is 0 Å². The van der Waals surface area contributed by atoms with Gasteiger partial charge in [0.15, 0.2) is 0 Å². The molecule has 1 saturated heterocycles. The third-order valence-electron chi connectivity index (χ3n) is 5.36. The molecule has 0 aromatic heterocycles. The molecule has 0 atom stereocenters. The average molecular weight is 400 g/mol. The molecule has 0 N–H and O–H groups in total. The SMILES string of the molecule is O=[N+]([O-])c1ccc(/C=N/N2CCN(C(c3ccccc3)c3ccccc3)CC2)cc1. The van der Waals surface area contributed by atoms with Crippen LogP contribution in [0.3, 0.4) is 0 Å². The lowest BCUT2D eigenvalue weighted by molar-refractivity contribution is -0.384. The van der Waals surface area contributed by atoms with Gasteiger partial charge in [-0.25, -0.2) is 0 Å². The van der Waals surface area contributed by atoms with Gasteiger partial charge in [0.1, 0.15) is 0 Å². The second kappa shape index (κ2) is 9.33. The Morgan fingerprint density at radius 3 is 1.83 bits per heavy atom. The summed E-state index contributed by atoms with van der Waals surface area (Å²) in [5, 5.41) is 17.4. The first-order valence-electron chi connectivity index (χ1n) is 10.1. The molecule has 1 aliphatic heterocycles. The highest BCUT2D eigenvalue weighted by atomic mass is 16.6. The summed E-state index contributed by atoms with van der Waals surface area (Å²) in [5.41, 5.74) is 3.54. The molecule has 1 heterocycles. The third-order valence-corrected chi connectivity index (χ3v) is 5.36. The van der Waals surface area contributed by atoms with Gasteiger partial charge in [-0.1, -0.05) is 60.7 Å². The first-order chi connectivity index (χ1) is 14.7. The van der Waals surface area contributed by atoms with E-state index in [9.17, 15) is 10.1 Å². The molecule has 0 aliphatic carbocycles. The Hall–Kier alpha value is -3.51. The van der Waals surface area contributed by atoms with E-state index in [1.807, 2.05) is 0 Å². The quantitative estimate of drug-likeness (QED) is 0.351. The van der Waals surface area contributed by atoms with Crippen molar-refractivity contribution in [2.24, 2.45) is 5.10 Å². The largest absolute Gasteiger partial charge is 0.294 e. The number of nitro benzene ring substituents is 1. The molecule has 4 rings (SSSR count). The van der Waals surface area contributed by atoms with E-state index >= 15 is 0 Å². The second-order valence-electron chi connectivity index (χ2n) is 7.31. The number of benzene rings is 3. The van der Waals surface area contributed by atoms with Crippen LogP contribution in [-0.2, 0) is 0 Å². The Morgan fingerprint density at radius 2 is 1.33 bits per heavy atom. The smallest absolute Gasteiger partial charge is 0.269 e. The normalized spacial score (nSPS) is 15.0. The molecule has 1 fully saturated rings. The van der Waals surface area contributed by atoms with Crippen molar-refractivity contribution in [3.8, 4) is 0 Å². The average Bonchev–Trinajstić information content (AvgIpc) is 2.80. The molecule has 0 amide bonds. The fraction of sp³-hybridized carbons (Fsp3) is 0.208. The zero-order valence-corrected chi connectivity index (χ0v) is 16.7. The van der Waals surface area contributed by atoms with Gasteiger partial charge in [0.2, 0.25) is 0 Å². The van der Waals surface area contributed by atoms with Crippen LogP contribution in [-0.4, -0.2) is 47.2 Å². The zero-order valence-electron chi connectivity index (χ0n) is 16.7. The number of nitrogens with zero attached hydrogens (tertiary/aromatic N) is 4. The molecule has 0 bridgehead atoms. The number of hydrogen-bond acceptors (Lipinski definition) is 5. The Balaban J connectivity index is 1.42. The summed E-state index contributed by atoms with van der Waals surface area (Å²) >= 11 is 0. The van der Waals surface area contributed by atoms with E-state index in [0.717, 1.165) is 31.7 Å². The van der Waals surface area contributed by atoms with Crippen molar-refractivity contribution < 1.29 is 4.92 Å². The monoisotopic (exact) mass is 400 g/mol. The maximum Gasteiger partial charge on any atom is 0.269 e. The van der Waals surface area contributed by atoms with Gasteiger partial charge in [-0.15, -0.1) is 0 Å². The number of non-ortho nitro benzene ring substituents is 1. The van der Waals surface area contributed by atoms with E-state index in [1.165, 1.54) is 23.3 Å². The second-order valence-corrected chi connectivity index (χ2v) is 7.31. The zero-order chi connectivity index (χ0) is 20.8. The summed E-state index contributed by atoms with van der Waals surface area (Å²) in [6, 6.07) is 27.9. The molecule has 0 radical (unpaired) electrons. The fourth-order valence-electron chi connectivity index (χ4n) is 3.80. The Bertz CT molecular complexity index is 943. The van der Waals surface area contributed by atoms with Crippen LogP contribution >= 0.6 is 0 Å². The minimum absolute atomic E-state index is 0.0913. The number of hydrazone groups is 1. The predicted octanol–water partition coefficient (Wildman–Crippen LogP) is 4.34. The van der Waals surface area contributed by atoms with Crippen LogP contribution < -0.4 is 0 Å². The highest BCUT2D eigenvalue weighted by Crippen LogP contribution is 2.29. The van der Waals surface area contributed by atoms with E-state index < -0.39 is 4.92 Å². The predicted molar refractivity (Wildman–Crippen MR) is 119 cm³/mol. The fourth-order valence-corrected chi connectivity index (χ4v) is 3.80. The number of nitro groups is 1. The van der Waals surface area contributed by atoms with Gasteiger partial charge in [0.25, 0.3) is 5.69 Å². The van der Waals surface area contributed by atoms with Crippen LogP contribution in [0.1, 0.15) is 22.7 Å². The number of piperazine rings is 1. The van der Waals surface area contributed by atoms with Crippen molar-refractivity contribution >= 4 is 11.9 Å². The highest BCUT2D eigenvalue weighted by molar-refractivity contribution is 5.79. The van der Waals surface area contributed by atoms with Crippen molar-refractivity contribution in [1.29, 1.82) is 0 Å². The molecule has 3 aromatic rings. The van der Waals surface area contributed by atoms with E-state index in [0.29, 0.717) is 0 Å². The maximum atomic E-state index is 10.8. The Labute approximate surface area is 176 Å². The van der Waals surface area contributed by atoms with Crippen LogP contribution in [0.15, 0.2) is 90.0 Å². The van der Waals surface area contributed by atoms with Gasteiger partial charge in [0.05, 0.1) is 17.2 Å². The molecule has 0 spiro atoms. The van der Waals surface area contributed by atoms with Crippen molar-refractivity contribution in [3.05, 3.63) is 112 Å². The van der Waals surface area contributed by atoms with E-state index in [2.05, 4.69) is 75.7 Å². The van der Waals surface area contributed by atoms with E-state index in [-0.39, 0.29) is 11.7 Å². The van der Waals surface area contributed by atoms with E-state index in [1.54, 1.807) is 18.3 Å². The van der Waals surface area contributed by atoms with Crippen molar-refractivity contribution in [2.75, 3.05) is 26.2 Å². The molecule has 0 saturated carbocycles. The van der Waals surface area contributed by atoms with Crippen molar-refractivity contribution in [2.45, 2.75) is 6.04 Å². The molecule has 1 aliphatic rings. The summed E-state index contributed by atoms with van der Waals surface area (Å²) < 4.78 is 0. The van der Waals surface area contributed by atoms with Gasteiger partial charge in [-0.3, -0.25) is 20.0 Å². The van der Waals surface area contributed by atoms with Crippen molar-refractivity contribution in [1.82, 2.24) is 9.91 Å². The summed E-state index contributed by atoms with van der Waals surface area (Å²) in [7, 11) is 0. The van der Waals surface area contributed by atoms with Crippen LogP contribution in [0, 0.1) is 10.1 Å². The van der Waals surface area contributed by atoms with Crippen LogP contribution in [0.5, 0.6) is 0 Å². The molecular formula is C24H24N4O2. The molecule has 0 unspecified atom stereocenters. The number of hydrogen-bond donors (Lipinski definition) is 0. The van der Waals surface area contributed by atoms with Gasteiger partial charge in [0, 0.05) is 38.3 Å². The Morgan fingerprint density at radius 1 is 0.800 bits per heavy atom. The number of rotatable bonds is 6. The van der Waals surface area contributed by atoms with Crippen molar-refractivity contribution in [3.63, 3.8) is 0 Å². The summed E-state index contributed by atoms with van der Waals surface area (Å²) in [6.45, 7) is 3.48. The highest BCUT2D eigenvalue weighted by Gasteiger charge is 2.25. The van der Waals surface area contributed by atoms with Crippen LogP contribution in [0.2, 0.25) is 0 Å². The maximum absolute atomic E-state index is 10.8. The van der Waals surface area contributed by atoms with Gasteiger partial charge in [-0.2, -0.15) is 5.10 Å². The minimum atomic E-state index is -0.393. The lowest BCUT2D eigenvalue weighted by atomic mass is 9.96. The lowest BCUT2D eigenvalue weighted by Crippen LogP contribution is -2.45. The summed E-state index contributed by atoms with van der Waals surface area (Å²) in [5.74, 6) is 0. The van der Waals surface area contributed by atoms with Gasteiger partial charge < -0.3 is 0 Å². The Kier molecular flexibility index (Phi) is 6.15. The van der Waals surface area contributed by atoms with Gasteiger partial charge in [-0.05, 0) is 28.8 Å². The summed E-state index contributed by atoms with van der Waals surface area (Å²) in [6.07, 6.45) is 1.77. The van der Waals surface area contributed by atoms with E-state index in [4.69, 9.17) is 0 Å². The third kappa shape index (κ3) is 4.72. The molecule has 152 valence electrons. The van der Waals surface area contributed by atoms with Crippen LogP contribution in [0.25, 0.3) is 0 Å². The topological polar surface area (TPSA) is 62.0 Å². The minimum Gasteiger partial charge on any atom is -0.294 e. The molecule has 6 heteroatoms. The first kappa shape index (κ1) is 19.8. The standard InChI is InChI=1S/C24H24N4O2/c29-28(30)23-13-11-20(12-14-23)19-25-27-17-15-26(16-18-27)24(21-7-3-1-4-8-21)22-9-5-2-6-10-22/h1-14,19,24H,15-18H2/b25-19+. The molecule has 30 heavy (non-hydrogen) atoms. The molecule has 6 nitrogen and oxygen atoms in total. The molecular weight excluding hydrogens is 376 g/mol. The summed E-state index contributed by atoms with van der Waals surface area (Å²) in [4.78, 5) is 12.9. The molecule has 3 aromatic carbocycles.